The Morgan fingerprint density at radius 3 is 2.28 bits per heavy atom. The lowest BCUT2D eigenvalue weighted by Crippen LogP contribution is -2.58. The number of methoxy groups -OCH3 is 1. The van der Waals surface area contributed by atoms with Gasteiger partial charge in [0.25, 0.3) is 0 Å². The summed E-state index contributed by atoms with van der Waals surface area (Å²) in [4.78, 5) is 29.2. The highest BCUT2D eigenvalue weighted by Crippen LogP contribution is 2.65. The molecule has 5 rings (SSSR count). The standard InChI is InChI=1S/C45H70O7Si/c1-28-18-19-39(46)45(9)21-20-34-29(2)23-38(36(25-35(28)45)44(34,7)8)53(11,12)40(42(48)52-27-43(4,5)6)41(47)51-26-31-15-13-16-32(37-17-14-22-50-37)33(31)24-30(3)49-10/h13-17,22,28-30,34-36,38-40,46H,18-21,23-27H2,1-12H3/t28-,29-,30?,34+,35-,36-,38?,39?,40?,45+/m1/s1. The number of hydrogen-bond donors (Lipinski definition) is 1. The van der Waals surface area contributed by atoms with Crippen LogP contribution in [-0.2, 0) is 36.8 Å². The lowest BCUT2D eigenvalue weighted by atomic mass is 9.48. The van der Waals surface area contributed by atoms with Gasteiger partial charge in [0.15, 0.2) is 0 Å². The van der Waals surface area contributed by atoms with Crippen molar-refractivity contribution in [2.75, 3.05) is 13.7 Å². The summed E-state index contributed by atoms with van der Waals surface area (Å²) < 4.78 is 23.8. The van der Waals surface area contributed by atoms with Crippen LogP contribution in [0.15, 0.2) is 41.0 Å². The van der Waals surface area contributed by atoms with E-state index in [2.05, 4.69) is 47.7 Å². The Morgan fingerprint density at radius 1 is 0.943 bits per heavy atom. The van der Waals surface area contributed by atoms with E-state index in [0.717, 1.165) is 61.0 Å². The monoisotopic (exact) mass is 750 g/mol. The number of fused-ring (bicyclic) bond motifs is 3. The maximum Gasteiger partial charge on any atom is 0.317 e. The van der Waals surface area contributed by atoms with Gasteiger partial charge in [0.2, 0.25) is 0 Å². The number of ether oxygens (including phenoxy) is 3. The van der Waals surface area contributed by atoms with Crippen LogP contribution in [0.5, 0.6) is 0 Å². The molecule has 0 aliphatic heterocycles. The first kappa shape index (κ1) is 41.7. The molecule has 7 nitrogen and oxygen atoms in total. The first-order valence-corrected chi connectivity index (χ1v) is 23.6. The van der Waals surface area contributed by atoms with Gasteiger partial charge < -0.3 is 23.7 Å². The molecule has 1 N–H and O–H groups in total. The van der Waals surface area contributed by atoms with Gasteiger partial charge in [0.1, 0.15) is 17.9 Å². The third-order valence-corrected chi connectivity index (χ3v) is 19.1. The summed E-state index contributed by atoms with van der Waals surface area (Å²) in [5, 5.41) is 11.5. The van der Waals surface area contributed by atoms with Gasteiger partial charge in [-0.3, -0.25) is 9.59 Å². The van der Waals surface area contributed by atoms with E-state index in [0.29, 0.717) is 36.0 Å². The Morgan fingerprint density at radius 2 is 1.64 bits per heavy atom. The highest BCUT2D eigenvalue weighted by Gasteiger charge is 2.61. The molecule has 2 bridgehead atoms. The average molecular weight is 751 g/mol. The second-order valence-electron chi connectivity index (χ2n) is 20.0. The third-order valence-electron chi connectivity index (χ3n) is 14.5. The van der Waals surface area contributed by atoms with Crippen molar-refractivity contribution in [3.63, 3.8) is 0 Å². The van der Waals surface area contributed by atoms with Crippen molar-refractivity contribution in [2.24, 2.45) is 45.8 Å². The summed E-state index contributed by atoms with van der Waals surface area (Å²) in [7, 11) is -1.11. The van der Waals surface area contributed by atoms with E-state index in [1.54, 1.807) is 13.4 Å². The summed E-state index contributed by atoms with van der Waals surface area (Å²) >= 11 is 0. The number of hydrogen-bond acceptors (Lipinski definition) is 7. The minimum atomic E-state index is -2.81. The molecule has 2 aromatic rings. The highest BCUT2D eigenvalue weighted by atomic mass is 28.3. The van der Waals surface area contributed by atoms with E-state index in [4.69, 9.17) is 18.6 Å². The molecule has 8 heteroatoms. The smallest absolute Gasteiger partial charge is 0.317 e. The zero-order valence-electron chi connectivity index (χ0n) is 34.9. The number of benzene rings is 1. The van der Waals surface area contributed by atoms with Crippen LogP contribution in [0.2, 0.25) is 24.2 Å². The molecule has 0 amide bonds. The molecule has 1 aromatic heterocycles. The van der Waals surface area contributed by atoms with Gasteiger partial charge in [0.05, 0.1) is 33.2 Å². The molecule has 10 atom stereocenters. The fraction of sp³-hybridized carbons (Fsp3) is 0.733. The van der Waals surface area contributed by atoms with Crippen molar-refractivity contribution in [1.29, 1.82) is 0 Å². The van der Waals surface area contributed by atoms with Gasteiger partial charge in [-0.15, -0.1) is 0 Å². The van der Waals surface area contributed by atoms with Crippen LogP contribution in [0.3, 0.4) is 0 Å². The zero-order valence-corrected chi connectivity index (χ0v) is 35.9. The maximum atomic E-state index is 14.7. The fourth-order valence-corrected chi connectivity index (χ4v) is 15.6. The molecule has 53 heavy (non-hydrogen) atoms. The average Bonchev–Trinajstić information content (AvgIpc) is 3.62. The largest absolute Gasteiger partial charge is 0.465 e. The predicted molar refractivity (Wildman–Crippen MR) is 214 cm³/mol. The van der Waals surface area contributed by atoms with Crippen LogP contribution in [0.4, 0.5) is 0 Å². The summed E-state index contributed by atoms with van der Waals surface area (Å²) in [6.45, 7) is 25.0. The number of aliphatic hydroxyl groups excluding tert-OH is 1. The van der Waals surface area contributed by atoms with Gasteiger partial charge in [-0.25, -0.2) is 0 Å². The van der Waals surface area contributed by atoms with E-state index in [9.17, 15) is 14.7 Å². The van der Waals surface area contributed by atoms with Crippen LogP contribution in [0, 0.1) is 45.8 Å². The first-order chi connectivity index (χ1) is 24.7. The minimum Gasteiger partial charge on any atom is -0.465 e. The molecule has 3 aliphatic rings. The van der Waals surface area contributed by atoms with E-state index in [1.807, 2.05) is 58.0 Å². The molecule has 0 radical (unpaired) electrons. The molecule has 3 aliphatic carbocycles. The van der Waals surface area contributed by atoms with Crippen LogP contribution >= 0.6 is 0 Å². The summed E-state index contributed by atoms with van der Waals surface area (Å²) in [6, 6.07) is 9.78. The Bertz CT molecular complexity index is 1560. The molecule has 1 aromatic carbocycles. The zero-order chi connectivity index (χ0) is 39.1. The molecule has 0 saturated heterocycles. The van der Waals surface area contributed by atoms with Crippen molar-refractivity contribution < 1.29 is 33.3 Å². The van der Waals surface area contributed by atoms with Crippen LogP contribution in [0.1, 0.15) is 112 Å². The molecular formula is C45H70O7Si. The predicted octanol–water partition coefficient (Wildman–Crippen LogP) is 10.5. The van der Waals surface area contributed by atoms with Gasteiger partial charge in [-0.2, -0.15) is 0 Å². The quantitative estimate of drug-likeness (QED) is 0.139. The second-order valence-corrected chi connectivity index (χ2v) is 25.0. The number of rotatable bonds is 11. The van der Waals surface area contributed by atoms with E-state index in [1.165, 1.54) is 0 Å². The summed E-state index contributed by atoms with van der Waals surface area (Å²) in [5.41, 5.74) is 1.72. The Labute approximate surface area is 321 Å². The van der Waals surface area contributed by atoms with Crippen molar-refractivity contribution >= 4 is 20.0 Å². The van der Waals surface area contributed by atoms with Crippen molar-refractivity contribution in [2.45, 2.75) is 150 Å². The number of aliphatic hydroxyl groups is 1. The SMILES string of the molecule is COC(C)Cc1c(COC(=O)C(C(=O)OCC(C)(C)C)[Si](C)(C)C2C[C@@H](C)[C@@H]3CC[C@]4(C)C(O)CC[C@@H](C)[C@H]4C[C@H]2C3(C)C)cccc1-c1ccco1. The molecule has 1 heterocycles. The van der Waals surface area contributed by atoms with Gasteiger partial charge in [0, 0.05) is 12.7 Å². The van der Waals surface area contributed by atoms with Crippen LogP contribution in [0.25, 0.3) is 11.3 Å². The number of carbonyl (C=O) groups excluding carboxylic acids is 2. The van der Waals surface area contributed by atoms with Crippen LogP contribution in [-0.4, -0.2) is 51.0 Å². The number of furan rings is 1. The topological polar surface area (TPSA) is 95.2 Å². The minimum absolute atomic E-state index is 0.0268. The van der Waals surface area contributed by atoms with Gasteiger partial charge in [-0.05, 0) is 127 Å². The molecule has 296 valence electrons. The maximum absolute atomic E-state index is 14.7. The molecular weight excluding hydrogens is 681 g/mol. The van der Waals surface area contributed by atoms with Crippen molar-refractivity contribution in [1.82, 2.24) is 0 Å². The van der Waals surface area contributed by atoms with E-state index in [-0.39, 0.29) is 47.2 Å². The molecule has 3 saturated carbocycles. The summed E-state index contributed by atoms with van der Waals surface area (Å²) in [5.74, 6) is 2.02. The molecule has 0 spiro atoms. The Balaban J connectivity index is 1.52. The molecule has 3 fully saturated rings. The van der Waals surface area contributed by atoms with Crippen LogP contribution < -0.4 is 0 Å². The van der Waals surface area contributed by atoms with Gasteiger partial charge in [-0.1, -0.05) is 86.7 Å². The normalized spacial score (nSPS) is 31.4. The second kappa shape index (κ2) is 16.0. The number of carbonyl (C=O) groups is 2. The lowest BCUT2D eigenvalue weighted by molar-refractivity contribution is -0.157. The number of esters is 2. The van der Waals surface area contributed by atoms with Crippen molar-refractivity contribution in [3.05, 3.63) is 47.7 Å². The van der Waals surface area contributed by atoms with E-state index < -0.39 is 25.6 Å². The Hall–Kier alpha value is -2.42. The van der Waals surface area contributed by atoms with E-state index >= 15 is 0 Å². The van der Waals surface area contributed by atoms with Crippen molar-refractivity contribution in [3.8, 4) is 11.3 Å². The highest BCUT2D eigenvalue weighted by molar-refractivity contribution is 6.86. The third kappa shape index (κ3) is 8.55. The Kier molecular flexibility index (Phi) is 12.6. The first-order valence-electron chi connectivity index (χ1n) is 20.4. The fourth-order valence-electron chi connectivity index (χ4n) is 11.2. The lowest BCUT2D eigenvalue weighted by Gasteiger charge is -2.62. The molecule has 4 unspecified atom stereocenters. The summed E-state index contributed by atoms with van der Waals surface area (Å²) in [6.07, 6.45) is 8.02. The van der Waals surface area contributed by atoms with Gasteiger partial charge >= 0.3 is 11.9 Å².